The summed E-state index contributed by atoms with van der Waals surface area (Å²) in [7, 11) is 0. The van der Waals surface area contributed by atoms with Crippen molar-refractivity contribution in [2.24, 2.45) is 11.8 Å². The monoisotopic (exact) mass is 208 g/mol. The molecule has 1 unspecified atom stereocenters. The van der Waals surface area contributed by atoms with E-state index in [0.717, 1.165) is 5.75 Å². The van der Waals surface area contributed by atoms with E-state index in [4.69, 9.17) is 5.84 Å². The Balaban J connectivity index is 2.31. The van der Waals surface area contributed by atoms with Crippen LogP contribution in [0.1, 0.15) is 13.8 Å². The highest BCUT2D eigenvalue weighted by atomic mass is 32.2. The lowest BCUT2D eigenvalue weighted by atomic mass is 10.1. The van der Waals surface area contributed by atoms with Crippen LogP contribution in [0.15, 0.2) is 29.2 Å². The molecule has 0 aromatic heterocycles. The van der Waals surface area contributed by atoms with Gasteiger partial charge in [0.1, 0.15) is 0 Å². The van der Waals surface area contributed by atoms with Crippen molar-refractivity contribution in [3.8, 4) is 0 Å². The number of thioether (sulfide) groups is 1. The summed E-state index contributed by atoms with van der Waals surface area (Å²) in [6, 6.07) is 8.79. The molecule has 1 heterocycles. The van der Waals surface area contributed by atoms with Gasteiger partial charge in [-0.15, -0.1) is 11.8 Å². The molecular weight excluding hydrogens is 192 g/mol. The number of benzene rings is 1. The summed E-state index contributed by atoms with van der Waals surface area (Å²) in [5.41, 5.74) is 1.17. The number of hydrogen-bond donors (Lipinski definition) is 1. The van der Waals surface area contributed by atoms with Crippen LogP contribution in [0.3, 0.4) is 0 Å². The van der Waals surface area contributed by atoms with E-state index in [2.05, 4.69) is 32.0 Å². The van der Waals surface area contributed by atoms with Crippen LogP contribution in [0.4, 0.5) is 5.69 Å². The molecule has 3 heteroatoms. The zero-order valence-corrected chi connectivity index (χ0v) is 9.42. The van der Waals surface area contributed by atoms with Crippen molar-refractivity contribution in [2.75, 3.05) is 10.8 Å². The first kappa shape index (κ1) is 9.87. The molecule has 0 spiro atoms. The van der Waals surface area contributed by atoms with Crippen LogP contribution in [0.25, 0.3) is 0 Å². The van der Waals surface area contributed by atoms with E-state index in [1.54, 1.807) is 0 Å². The molecule has 1 aromatic carbocycles. The second kappa shape index (κ2) is 3.83. The summed E-state index contributed by atoms with van der Waals surface area (Å²) in [6.07, 6.45) is 0. The van der Waals surface area contributed by atoms with Gasteiger partial charge in [-0.05, 0) is 18.1 Å². The molecular formula is C11H16N2S. The van der Waals surface area contributed by atoms with Gasteiger partial charge in [-0.3, -0.25) is 0 Å². The molecule has 14 heavy (non-hydrogen) atoms. The van der Waals surface area contributed by atoms with Gasteiger partial charge in [0.15, 0.2) is 0 Å². The number of hydrogen-bond acceptors (Lipinski definition) is 3. The first-order valence-electron chi connectivity index (χ1n) is 4.96. The molecule has 1 aromatic rings. The molecule has 0 saturated carbocycles. The Hall–Kier alpha value is -0.670. The third-order valence-corrected chi connectivity index (χ3v) is 3.84. The Bertz CT molecular complexity index is 325. The highest BCUT2D eigenvalue weighted by Crippen LogP contribution is 2.37. The SMILES string of the molecule is CC(C)C1CSc2ccccc2N1N. The van der Waals surface area contributed by atoms with E-state index >= 15 is 0 Å². The standard InChI is InChI=1S/C11H16N2S/c1-8(2)10-7-14-11-6-4-3-5-9(11)13(10)12/h3-6,8,10H,7,12H2,1-2H3. The second-order valence-corrected chi connectivity index (χ2v) is 5.06. The van der Waals surface area contributed by atoms with Crippen LogP contribution >= 0.6 is 11.8 Å². The normalized spacial score (nSPS) is 21.1. The van der Waals surface area contributed by atoms with Gasteiger partial charge < -0.3 is 5.01 Å². The van der Waals surface area contributed by atoms with Gasteiger partial charge in [-0.2, -0.15) is 0 Å². The lowest BCUT2D eigenvalue weighted by molar-refractivity contribution is 0.490. The largest absolute Gasteiger partial charge is 0.306 e. The molecule has 0 radical (unpaired) electrons. The van der Waals surface area contributed by atoms with E-state index in [0.29, 0.717) is 12.0 Å². The average molecular weight is 208 g/mol. The summed E-state index contributed by atoms with van der Waals surface area (Å²) >= 11 is 1.91. The van der Waals surface area contributed by atoms with Crippen molar-refractivity contribution in [1.82, 2.24) is 0 Å². The Morgan fingerprint density at radius 2 is 2.14 bits per heavy atom. The number of rotatable bonds is 1. The van der Waals surface area contributed by atoms with Crippen LogP contribution in [-0.2, 0) is 0 Å². The Labute approximate surface area is 89.4 Å². The maximum Gasteiger partial charge on any atom is 0.0656 e. The predicted octanol–water partition coefficient (Wildman–Crippen LogP) is 2.50. The fourth-order valence-corrected chi connectivity index (χ4v) is 3.13. The van der Waals surface area contributed by atoms with Crippen molar-refractivity contribution >= 4 is 17.4 Å². The van der Waals surface area contributed by atoms with Gasteiger partial charge in [0.25, 0.3) is 0 Å². The van der Waals surface area contributed by atoms with E-state index in [-0.39, 0.29) is 0 Å². The van der Waals surface area contributed by atoms with E-state index < -0.39 is 0 Å². The van der Waals surface area contributed by atoms with Gasteiger partial charge in [0.05, 0.1) is 11.7 Å². The van der Waals surface area contributed by atoms with Crippen LogP contribution in [-0.4, -0.2) is 11.8 Å². The molecule has 2 rings (SSSR count). The Morgan fingerprint density at radius 3 is 2.86 bits per heavy atom. The molecule has 0 aliphatic carbocycles. The maximum absolute atomic E-state index is 6.11. The second-order valence-electron chi connectivity index (χ2n) is 4.00. The lowest BCUT2D eigenvalue weighted by Crippen LogP contribution is -2.48. The number of nitrogens with two attached hydrogens (primary N) is 1. The maximum atomic E-state index is 6.11. The summed E-state index contributed by atoms with van der Waals surface area (Å²) < 4.78 is 0. The molecule has 0 bridgehead atoms. The quantitative estimate of drug-likeness (QED) is 0.719. The van der Waals surface area contributed by atoms with Gasteiger partial charge >= 0.3 is 0 Å². The van der Waals surface area contributed by atoms with Crippen molar-refractivity contribution in [3.63, 3.8) is 0 Å². The molecule has 1 atom stereocenters. The molecule has 0 fully saturated rings. The zero-order chi connectivity index (χ0) is 10.1. The van der Waals surface area contributed by atoms with Crippen molar-refractivity contribution in [1.29, 1.82) is 0 Å². The van der Waals surface area contributed by atoms with Gasteiger partial charge in [0.2, 0.25) is 0 Å². The number of fused-ring (bicyclic) bond motifs is 1. The topological polar surface area (TPSA) is 29.3 Å². The minimum absolute atomic E-state index is 0.454. The van der Waals surface area contributed by atoms with Crippen LogP contribution in [0.5, 0.6) is 0 Å². The predicted molar refractivity (Wildman–Crippen MR) is 62.5 cm³/mol. The van der Waals surface area contributed by atoms with Crippen molar-refractivity contribution in [3.05, 3.63) is 24.3 Å². The molecule has 1 aliphatic rings. The number of nitrogens with zero attached hydrogens (tertiary/aromatic N) is 1. The molecule has 2 N–H and O–H groups in total. The van der Waals surface area contributed by atoms with Crippen molar-refractivity contribution in [2.45, 2.75) is 24.8 Å². The molecule has 0 saturated heterocycles. The smallest absolute Gasteiger partial charge is 0.0656 e. The minimum Gasteiger partial charge on any atom is -0.306 e. The zero-order valence-electron chi connectivity index (χ0n) is 8.60. The molecule has 76 valence electrons. The lowest BCUT2D eigenvalue weighted by Gasteiger charge is -2.37. The Morgan fingerprint density at radius 1 is 1.43 bits per heavy atom. The summed E-state index contributed by atoms with van der Waals surface area (Å²) in [5, 5.41) is 1.93. The molecule has 2 nitrogen and oxygen atoms in total. The number of para-hydroxylation sites is 1. The van der Waals surface area contributed by atoms with Crippen molar-refractivity contribution < 1.29 is 0 Å². The number of hydrazine groups is 1. The first-order valence-corrected chi connectivity index (χ1v) is 5.94. The third kappa shape index (κ3) is 1.62. The highest BCUT2D eigenvalue weighted by Gasteiger charge is 2.26. The van der Waals surface area contributed by atoms with Gasteiger partial charge in [-0.25, -0.2) is 5.84 Å². The fourth-order valence-electron chi connectivity index (χ4n) is 1.74. The summed E-state index contributed by atoms with van der Waals surface area (Å²) in [4.78, 5) is 1.30. The Kier molecular flexibility index (Phi) is 2.70. The van der Waals surface area contributed by atoms with E-state index in [1.807, 2.05) is 22.8 Å². The fraction of sp³-hybridized carbons (Fsp3) is 0.455. The van der Waals surface area contributed by atoms with Crippen LogP contribution in [0.2, 0.25) is 0 Å². The third-order valence-electron chi connectivity index (χ3n) is 2.68. The van der Waals surface area contributed by atoms with Crippen LogP contribution < -0.4 is 10.9 Å². The van der Waals surface area contributed by atoms with E-state index in [9.17, 15) is 0 Å². The molecule has 1 aliphatic heterocycles. The van der Waals surface area contributed by atoms with Gasteiger partial charge in [-0.1, -0.05) is 26.0 Å². The van der Waals surface area contributed by atoms with Gasteiger partial charge in [0, 0.05) is 10.6 Å². The number of anilines is 1. The van der Waals surface area contributed by atoms with E-state index in [1.165, 1.54) is 10.6 Å². The minimum atomic E-state index is 0.454. The average Bonchev–Trinajstić information content (AvgIpc) is 2.18. The van der Waals surface area contributed by atoms with Crippen LogP contribution in [0, 0.1) is 5.92 Å². The summed E-state index contributed by atoms with van der Waals surface area (Å²) in [6.45, 7) is 4.44. The highest BCUT2D eigenvalue weighted by molar-refractivity contribution is 7.99. The summed E-state index contributed by atoms with van der Waals surface area (Å²) in [5.74, 6) is 7.80. The molecule has 0 amide bonds. The first-order chi connectivity index (χ1) is 6.70.